The maximum Gasteiger partial charge on any atom is 0.315 e. The summed E-state index contributed by atoms with van der Waals surface area (Å²) in [4.78, 5) is 69.3. The lowest BCUT2D eigenvalue weighted by molar-refractivity contribution is -0.144. The van der Waals surface area contributed by atoms with Gasteiger partial charge in [-0.15, -0.1) is 11.3 Å². The molecule has 1 aromatic heterocycles. The number of nitrogens with zero attached hydrogens (tertiary/aromatic N) is 1. The van der Waals surface area contributed by atoms with Gasteiger partial charge in [0.05, 0.1) is 10.9 Å². The maximum absolute atomic E-state index is 14.5. The van der Waals surface area contributed by atoms with Gasteiger partial charge in [-0.1, -0.05) is 73.6 Å². The van der Waals surface area contributed by atoms with Crippen molar-refractivity contribution in [2.45, 2.75) is 135 Å². The minimum absolute atomic E-state index is 0.0524. The van der Waals surface area contributed by atoms with E-state index in [1.54, 1.807) is 16.3 Å². The molecule has 13 nitrogen and oxygen atoms in total. The molecule has 1 aliphatic carbocycles. The van der Waals surface area contributed by atoms with Gasteiger partial charge in [0, 0.05) is 30.6 Å². The van der Waals surface area contributed by atoms with Gasteiger partial charge >= 0.3 is 6.03 Å². The Hall–Kier alpha value is -2.88. The fourth-order valence-electron chi connectivity index (χ4n) is 7.09. The van der Waals surface area contributed by atoms with Crippen LogP contribution in [0, 0.1) is 23.2 Å². The van der Waals surface area contributed by atoms with Crippen molar-refractivity contribution < 1.29 is 32.7 Å². The molecule has 0 spiro atoms. The third kappa shape index (κ3) is 11.3. The van der Waals surface area contributed by atoms with Crippen LogP contribution in [-0.4, -0.2) is 80.5 Å². The summed E-state index contributed by atoms with van der Waals surface area (Å²) in [6.45, 7) is 13.0. The molecule has 2 unspecified atom stereocenters. The number of likely N-dealkylation sites (tertiary alicyclic amines) is 1. The smallest absolute Gasteiger partial charge is 0.315 e. The maximum atomic E-state index is 14.5. The highest BCUT2D eigenvalue weighted by atomic mass is 32.2. The monoisotopic (exact) mass is 738 g/mol. The quantitative estimate of drug-likeness (QED) is 0.103. The molecule has 5 amide bonds. The fourth-order valence-corrected chi connectivity index (χ4v) is 8.72. The lowest BCUT2D eigenvalue weighted by Crippen LogP contribution is -2.61. The second-order valence-electron chi connectivity index (χ2n) is 15.1. The van der Waals surface area contributed by atoms with Crippen LogP contribution in [0.2, 0.25) is 0 Å². The molecule has 2 aliphatic rings. The predicted octanol–water partition coefficient (Wildman–Crippen LogP) is 3.68. The van der Waals surface area contributed by atoms with Crippen molar-refractivity contribution in [1.82, 2.24) is 26.2 Å². The van der Waals surface area contributed by atoms with Crippen LogP contribution in [0.4, 0.5) is 4.79 Å². The molecule has 15 heteroatoms. The summed E-state index contributed by atoms with van der Waals surface area (Å²) < 4.78 is 21.2. The first-order valence-corrected chi connectivity index (χ1v) is 19.9. The molecule has 1 aromatic rings. The third-order valence-electron chi connectivity index (χ3n) is 10.1. The average Bonchev–Trinajstić information content (AvgIpc) is 3.72. The number of Topliss-reactive ketones (excluding diaryl/α,β-unsaturated/α-hetero) is 1. The highest BCUT2D eigenvalue weighted by molar-refractivity contribution is 7.79. The molecule has 2 heterocycles. The Bertz CT molecular complexity index is 1360. The number of nitrogens with one attached hydrogen (secondary N) is 4. The first-order valence-electron chi connectivity index (χ1n) is 18.0. The molecule has 0 bridgehead atoms. The standard InChI is InChI=1S/C35H58N6O7S2/c1-7-8-14-24(30(42)31(36)43)38-32(44)29-23(21(2)3)15-17-41(29)33(45)28(22-12-10-9-11-13-22)40-34(46)39-27(35(4,5)6)20-37-19-25-26(50(47)48)16-18-49-25/h16,18,21-24,27-29,37H,7-15,17,19-20H2,1-6H3,(H2,36,43)(H,38,44)(H,47,48)(H2,39,40,46)/t23-,24?,27-,28+,29+/m1/s1. The van der Waals surface area contributed by atoms with Gasteiger partial charge in [-0.3, -0.25) is 19.2 Å². The second kappa shape index (κ2) is 19.1. The van der Waals surface area contributed by atoms with Gasteiger partial charge in [-0.2, -0.15) is 0 Å². The number of primary amides is 1. The molecule has 50 heavy (non-hydrogen) atoms. The number of carbonyl (C=O) groups is 5. The van der Waals surface area contributed by atoms with Crippen LogP contribution in [0.1, 0.15) is 104 Å². The molecular weight excluding hydrogens is 681 g/mol. The van der Waals surface area contributed by atoms with Crippen LogP contribution < -0.4 is 27.0 Å². The fraction of sp³-hybridized carbons (Fsp3) is 0.743. The summed E-state index contributed by atoms with van der Waals surface area (Å²) in [7, 11) is 0. The predicted molar refractivity (Wildman–Crippen MR) is 194 cm³/mol. The molecular formula is C35H58N6O7S2. The third-order valence-corrected chi connectivity index (χ3v) is 11.9. The van der Waals surface area contributed by atoms with Gasteiger partial charge < -0.3 is 36.5 Å². The molecule has 1 aliphatic heterocycles. The van der Waals surface area contributed by atoms with Crippen molar-refractivity contribution in [3.8, 4) is 0 Å². The number of nitrogens with two attached hydrogens (primary N) is 1. The van der Waals surface area contributed by atoms with E-state index in [4.69, 9.17) is 5.73 Å². The number of rotatable bonds is 17. The zero-order valence-electron chi connectivity index (χ0n) is 30.4. The van der Waals surface area contributed by atoms with E-state index in [-0.39, 0.29) is 41.5 Å². The van der Waals surface area contributed by atoms with Crippen LogP contribution in [0.5, 0.6) is 0 Å². The Balaban J connectivity index is 1.81. The molecule has 2 fully saturated rings. The van der Waals surface area contributed by atoms with Crippen LogP contribution in [-0.2, 0) is 36.8 Å². The topological polar surface area (TPSA) is 200 Å². The minimum Gasteiger partial charge on any atom is -0.363 e. The highest BCUT2D eigenvalue weighted by Gasteiger charge is 2.47. The van der Waals surface area contributed by atoms with Gasteiger partial charge in [-0.05, 0) is 60.3 Å². The average molecular weight is 739 g/mol. The lowest BCUT2D eigenvalue weighted by Gasteiger charge is -2.37. The number of unbranched alkanes of at least 4 members (excludes halogenated alkanes) is 1. The number of urea groups is 1. The Morgan fingerprint density at radius 2 is 1.74 bits per heavy atom. The number of ketones is 1. The van der Waals surface area contributed by atoms with Crippen molar-refractivity contribution in [2.24, 2.45) is 28.9 Å². The first-order chi connectivity index (χ1) is 23.6. The highest BCUT2D eigenvalue weighted by Crippen LogP contribution is 2.34. The number of thiophene rings is 1. The van der Waals surface area contributed by atoms with Gasteiger partial charge in [0.25, 0.3) is 5.91 Å². The van der Waals surface area contributed by atoms with Gasteiger partial charge in [-0.25, -0.2) is 9.00 Å². The van der Waals surface area contributed by atoms with Gasteiger partial charge in [0.15, 0.2) is 11.1 Å². The molecule has 1 saturated carbocycles. The summed E-state index contributed by atoms with van der Waals surface area (Å²) in [5.74, 6) is -3.02. The molecule has 0 radical (unpaired) electrons. The van der Waals surface area contributed by atoms with E-state index in [1.807, 2.05) is 41.5 Å². The summed E-state index contributed by atoms with van der Waals surface area (Å²) in [6, 6.07) is -2.02. The first kappa shape index (κ1) is 41.5. The molecule has 6 atom stereocenters. The number of carbonyl (C=O) groups excluding carboxylic acids is 5. The van der Waals surface area contributed by atoms with Crippen molar-refractivity contribution in [3.63, 3.8) is 0 Å². The largest absolute Gasteiger partial charge is 0.363 e. The normalized spacial score (nSPS) is 20.9. The van der Waals surface area contributed by atoms with Crippen LogP contribution >= 0.6 is 11.3 Å². The van der Waals surface area contributed by atoms with Gasteiger partial charge in [0.1, 0.15) is 12.1 Å². The second-order valence-corrected chi connectivity index (χ2v) is 17.0. The molecule has 7 N–H and O–H groups in total. The molecule has 3 rings (SSSR count). The van der Waals surface area contributed by atoms with E-state index in [0.717, 1.165) is 43.4 Å². The van der Waals surface area contributed by atoms with Crippen molar-refractivity contribution >= 4 is 52.0 Å². The van der Waals surface area contributed by atoms with Crippen molar-refractivity contribution in [3.05, 3.63) is 16.3 Å². The molecule has 1 saturated heterocycles. The Morgan fingerprint density at radius 1 is 1.06 bits per heavy atom. The SMILES string of the molecule is CCCCC(NC(=O)[C@@H]1[C@@H](C(C)C)CCN1C(=O)[C@@H](NC(=O)N[C@H](CNCc1sccc1S(=O)O)C(C)(C)C)C1CCCCC1)C(=O)C(N)=O. The Morgan fingerprint density at radius 3 is 2.32 bits per heavy atom. The summed E-state index contributed by atoms with van der Waals surface area (Å²) in [5, 5.41) is 13.9. The van der Waals surface area contributed by atoms with Crippen molar-refractivity contribution in [1.29, 1.82) is 0 Å². The molecule has 0 aromatic carbocycles. The Kier molecular flexibility index (Phi) is 15.9. The van der Waals surface area contributed by atoms with E-state index >= 15 is 0 Å². The zero-order chi connectivity index (χ0) is 37.2. The zero-order valence-corrected chi connectivity index (χ0v) is 32.1. The summed E-state index contributed by atoms with van der Waals surface area (Å²) in [6.07, 6.45) is 6.66. The van der Waals surface area contributed by atoms with Crippen LogP contribution in [0.3, 0.4) is 0 Å². The van der Waals surface area contributed by atoms with E-state index in [0.29, 0.717) is 37.4 Å². The van der Waals surface area contributed by atoms with Crippen LogP contribution in [0.15, 0.2) is 16.3 Å². The number of hydrogen-bond acceptors (Lipinski definition) is 8. The lowest BCUT2D eigenvalue weighted by atomic mass is 9.82. The summed E-state index contributed by atoms with van der Waals surface area (Å²) >= 11 is -0.708. The minimum atomic E-state index is -2.09. The molecule has 282 valence electrons. The number of amides is 5. The van der Waals surface area contributed by atoms with E-state index in [1.165, 1.54) is 11.3 Å². The number of hydrogen-bond donors (Lipinski definition) is 6. The van der Waals surface area contributed by atoms with Gasteiger partial charge in [0.2, 0.25) is 17.6 Å². The van der Waals surface area contributed by atoms with Crippen molar-refractivity contribution in [2.75, 3.05) is 13.1 Å². The van der Waals surface area contributed by atoms with Crippen LogP contribution in [0.25, 0.3) is 0 Å². The van der Waals surface area contributed by atoms with E-state index in [9.17, 15) is 32.7 Å². The van der Waals surface area contributed by atoms with E-state index < -0.39 is 52.8 Å². The summed E-state index contributed by atoms with van der Waals surface area (Å²) in [5.41, 5.74) is 4.94. The Labute approximate surface area is 303 Å². The van der Waals surface area contributed by atoms with E-state index in [2.05, 4.69) is 21.3 Å².